The predicted octanol–water partition coefficient (Wildman–Crippen LogP) is 3.88. The fourth-order valence-electron chi connectivity index (χ4n) is 1.98. The summed E-state index contributed by atoms with van der Waals surface area (Å²) >= 11 is 0. The van der Waals surface area contributed by atoms with Crippen molar-refractivity contribution >= 4 is 11.8 Å². The largest absolute Gasteiger partial charge is 0.355 e. The first-order valence-corrected chi connectivity index (χ1v) is 7.24. The molecule has 3 rings (SSSR count). The normalized spacial score (nSPS) is 11.4. The number of nitrogens with zero attached hydrogens (tertiary/aromatic N) is 2. The molecule has 0 radical (unpaired) electrons. The first-order valence-electron chi connectivity index (χ1n) is 7.24. The second kappa shape index (κ2) is 5.72. The number of hydrogen-bond acceptors (Lipinski definition) is 5. The van der Waals surface area contributed by atoms with E-state index in [9.17, 15) is 4.79 Å². The quantitative estimate of drug-likeness (QED) is 0.794. The van der Waals surface area contributed by atoms with Crippen molar-refractivity contribution in [2.24, 2.45) is 0 Å². The Kier molecular flexibility index (Phi) is 3.73. The number of carbonyl (C=O) groups is 1. The van der Waals surface area contributed by atoms with Crippen LogP contribution >= 0.6 is 0 Å². The van der Waals surface area contributed by atoms with Crippen molar-refractivity contribution in [1.82, 2.24) is 10.3 Å². The summed E-state index contributed by atoms with van der Waals surface area (Å²) in [6, 6.07) is 12.7. The molecule has 2 heterocycles. The minimum atomic E-state index is -0.410. The van der Waals surface area contributed by atoms with E-state index in [2.05, 4.69) is 15.6 Å². The fourth-order valence-corrected chi connectivity index (χ4v) is 1.98. The molecule has 1 N–H and O–H groups in total. The monoisotopic (exact) mass is 311 g/mol. The Morgan fingerprint density at radius 3 is 2.43 bits per heavy atom. The van der Waals surface area contributed by atoms with Crippen LogP contribution in [0.15, 0.2) is 51.5 Å². The van der Waals surface area contributed by atoms with Crippen molar-refractivity contribution in [3.63, 3.8) is 0 Å². The maximum absolute atomic E-state index is 12.2. The highest BCUT2D eigenvalue weighted by Gasteiger charge is 2.21. The highest BCUT2D eigenvalue weighted by atomic mass is 16.5. The van der Waals surface area contributed by atoms with Crippen molar-refractivity contribution < 1.29 is 13.8 Å². The molecule has 0 spiro atoms. The van der Waals surface area contributed by atoms with Gasteiger partial charge in [0.15, 0.2) is 11.5 Å². The van der Waals surface area contributed by atoms with Gasteiger partial charge in [0, 0.05) is 23.1 Å². The van der Waals surface area contributed by atoms with E-state index < -0.39 is 5.91 Å². The maximum Gasteiger partial charge on any atom is 0.280 e. The average molecular weight is 311 g/mol. The van der Waals surface area contributed by atoms with Crippen molar-refractivity contribution in [2.45, 2.75) is 26.2 Å². The second-order valence-corrected chi connectivity index (χ2v) is 6.22. The summed E-state index contributed by atoms with van der Waals surface area (Å²) in [5.74, 6) is 0.403. The second-order valence-electron chi connectivity index (χ2n) is 6.22. The summed E-state index contributed by atoms with van der Waals surface area (Å²) in [6.07, 6.45) is 0. The number of aromatic nitrogens is 2. The maximum atomic E-state index is 12.2. The Bertz CT molecular complexity index is 813. The molecule has 3 aromatic rings. The number of benzene rings is 1. The lowest BCUT2D eigenvalue weighted by Crippen LogP contribution is -2.12. The molecule has 2 aromatic heterocycles. The molecule has 0 saturated carbocycles. The molecule has 1 amide bonds. The van der Waals surface area contributed by atoms with Crippen LogP contribution in [0.5, 0.6) is 0 Å². The first kappa shape index (κ1) is 15.0. The van der Waals surface area contributed by atoms with Crippen LogP contribution in [0, 0.1) is 0 Å². The summed E-state index contributed by atoms with van der Waals surface area (Å²) in [6.45, 7) is 6.04. The number of rotatable bonds is 3. The van der Waals surface area contributed by atoms with Gasteiger partial charge in [-0.15, -0.1) is 0 Å². The van der Waals surface area contributed by atoms with Crippen molar-refractivity contribution in [2.75, 3.05) is 5.32 Å². The molecule has 118 valence electrons. The van der Waals surface area contributed by atoms with Gasteiger partial charge in [-0.05, 0) is 0 Å². The van der Waals surface area contributed by atoms with Gasteiger partial charge < -0.3 is 9.05 Å². The van der Waals surface area contributed by atoms with Crippen LogP contribution < -0.4 is 5.32 Å². The van der Waals surface area contributed by atoms with Gasteiger partial charge in [-0.1, -0.05) is 61.4 Å². The third-order valence-electron chi connectivity index (χ3n) is 3.32. The molecular weight excluding hydrogens is 294 g/mol. The first-order chi connectivity index (χ1) is 10.9. The number of anilines is 1. The Labute approximate surface area is 133 Å². The van der Waals surface area contributed by atoms with Crippen LogP contribution in [0.2, 0.25) is 0 Å². The van der Waals surface area contributed by atoms with Crippen LogP contribution in [-0.4, -0.2) is 16.2 Å². The van der Waals surface area contributed by atoms with Gasteiger partial charge in [0.25, 0.3) is 5.91 Å². The van der Waals surface area contributed by atoms with Crippen molar-refractivity contribution in [3.05, 3.63) is 53.9 Å². The molecule has 0 fully saturated rings. The van der Waals surface area contributed by atoms with Gasteiger partial charge in [-0.3, -0.25) is 10.1 Å². The van der Waals surface area contributed by atoms with Crippen LogP contribution in [0.3, 0.4) is 0 Å². The van der Waals surface area contributed by atoms with E-state index in [1.54, 1.807) is 12.1 Å². The fraction of sp³-hybridized carbons (Fsp3) is 0.235. The molecule has 0 atom stereocenters. The number of hydrogen-bond donors (Lipinski definition) is 1. The molecular formula is C17H17N3O3. The molecule has 6 heteroatoms. The molecule has 0 aliphatic rings. The van der Waals surface area contributed by atoms with Crippen molar-refractivity contribution in [3.8, 4) is 11.3 Å². The van der Waals surface area contributed by atoms with E-state index in [1.165, 1.54) is 0 Å². The highest BCUT2D eigenvalue weighted by molar-refractivity contribution is 6.02. The molecule has 0 aliphatic carbocycles. The standard InChI is InChI=1S/C17H17N3O3/c1-17(2,3)14-10-15(23-20-14)18-16(21)12-9-13(22-19-12)11-7-5-4-6-8-11/h4-10H,1-3H3,(H,18,21). The minimum Gasteiger partial charge on any atom is -0.355 e. The molecule has 1 aromatic carbocycles. The summed E-state index contributed by atoms with van der Waals surface area (Å²) in [5, 5.41) is 10.4. The lowest BCUT2D eigenvalue weighted by atomic mass is 9.92. The van der Waals surface area contributed by atoms with Crippen LogP contribution in [0.4, 0.5) is 5.88 Å². The molecule has 0 unspecified atom stereocenters. The Balaban J connectivity index is 1.74. The molecule has 0 saturated heterocycles. The lowest BCUT2D eigenvalue weighted by Gasteiger charge is -2.12. The highest BCUT2D eigenvalue weighted by Crippen LogP contribution is 2.24. The topological polar surface area (TPSA) is 81.2 Å². The van der Waals surface area contributed by atoms with E-state index in [0.717, 1.165) is 11.3 Å². The number of amides is 1. The van der Waals surface area contributed by atoms with Gasteiger partial charge >= 0.3 is 0 Å². The third-order valence-corrected chi connectivity index (χ3v) is 3.32. The van der Waals surface area contributed by atoms with Crippen molar-refractivity contribution in [1.29, 1.82) is 0 Å². The zero-order valence-electron chi connectivity index (χ0n) is 13.2. The van der Waals surface area contributed by atoms with Gasteiger partial charge in [-0.25, -0.2) is 0 Å². The Hall–Kier alpha value is -2.89. The smallest absolute Gasteiger partial charge is 0.280 e. The van der Waals surface area contributed by atoms with E-state index in [0.29, 0.717) is 5.76 Å². The Morgan fingerprint density at radius 1 is 1.04 bits per heavy atom. The minimum absolute atomic E-state index is 0.152. The lowest BCUT2D eigenvalue weighted by molar-refractivity contribution is 0.101. The van der Waals surface area contributed by atoms with E-state index in [1.807, 2.05) is 51.1 Å². The summed E-state index contributed by atoms with van der Waals surface area (Å²) in [5.41, 5.74) is 1.64. The summed E-state index contributed by atoms with van der Waals surface area (Å²) in [4.78, 5) is 12.2. The predicted molar refractivity (Wildman–Crippen MR) is 85.1 cm³/mol. The Morgan fingerprint density at radius 2 is 1.78 bits per heavy atom. The van der Waals surface area contributed by atoms with E-state index in [-0.39, 0.29) is 17.0 Å². The zero-order valence-corrected chi connectivity index (χ0v) is 13.2. The zero-order chi connectivity index (χ0) is 16.4. The van der Waals surface area contributed by atoms with E-state index >= 15 is 0 Å². The number of carbonyl (C=O) groups excluding carboxylic acids is 1. The number of nitrogens with one attached hydrogen (secondary N) is 1. The van der Waals surface area contributed by atoms with Crippen LogP contribution in [0.25, 0.3) is 11.3 Å². The molecule has 0 bridgehead atoms. The molecule has 0 aliphatic heterocycles. The van der Waals surface area contributed by atoms with Gasteiger partial charge in [0.2, 0.25) is 5.88 Å². The van der Waals surface area contributed by atoms with E-state index in [4.69, 9.17) is 9.05 Å². The summed E-state index contributed by atoms with van der Waals surface area (Å²) < 4.78 is 10.3. The molecule has 23 heavy (non-hydrogen) atoms. The third kappa shape index (κ3) is 3.31. The van der Waals surface area contributed by atoms with Gasteiger partial charge in [0.1, 0.15) is 0 Å². The van der Waals surface area contributed by atoms with Gasteiger partial charge in [-0.2, -0.15) is 0 Å². The van der Waals surface area contributed by atoms with Gasteiger partial charge in [0.05, 0.1) is 5.69 Å². The summed E-state index contributed by atoms with van der Waals surface area (Å²) in [7, 11) is 0. The van der Waals surface area contributed by atoms with Crippen LogP contribution in [-0.2, 0) is 5.41 Å². The molecule has 6 nitrogen and oxygen atoms in total. The SMILES string of the molecule is CC(C)(C)c1cc(NC(=O)c2cc(-c3ccccc3)on2)on1. The van der Waals surface area contributed by atoms with Crippen LogP contribution in [0.1, 0.15) is 37.0 Å². The average Bonchev–Trinajstić information content (AvgIpc) is 3.16.